The van der Waals surface area contributed by atoms with Gasteiger partial charge in [0.1, 0.15) is 5.75 Å². The lowest BCUT2D eigenvalue weighted by Crippen LogP contribution is -2.39. The van der Waals surface area contributed by atoms with Gasteiger partial charge in [-0.05, 0) is 55.2 Å². The largest absolute Gasteiger partial charge is 0.480 e. The molecule has 3 nitrogen and oxygen atoms in total. The Hall–Kier alpha value is -1.65. The number of amides is 1. The smallest absolute Gasteiger partial charge is 0.261 e. The van der Waals surface area contributed by atoms with Gasteiger partial charge in [-0.15, -0.1) is 0 Å². The van der Waals surface area contributed by atoms with Crippen LogP contribution in [0.15, 0.2) is 42.5 Å². The van der Waals surface area contributed by atoms with Gasteiger partial charge in [0.15, 0.2) is 6.10 Å². The van der Waals surface area contributed by atoms with Crippen molar-refractivity contribution >= 4 is 29.3 Å². The molecule has 1 amide bonds. The van der Waals surface area contributed by atoms with E-state index in [1.54, 1.807) is 11.8 Å². The number of halogens is 1. The van der Waals surface area contributed by atoms with Gasteiger partial charge in [0.25, 0.3) is 5.91 Å². The fourth-order valence-electron chi connectivity index (χ4n) is 2.50. The van der Waals surface area contributed by atoms with Crippen molar-refractivity contribution < 1.29 is 9.53 Å². The molecule has 0 spiro atoms. The molecule has 0 fully saturated rings. The summed E-state index contributed by atoms with van der Waals surface area (Å²) < 4.78 is 5.94. The van der Waals surface area contributed by atoms with E-state index in [2.05, 4.69) is 11.4 Å². The van der Waals surface area contributed by atoms with Crippen molar-refractivity contribution in [3.8, 4) is 5.75 Å². The van der Waals surface area contributed by atoms with Crippen LogP contribution in [0.1, 0.15) is 30.0 Å². The highest BCUT2D eigenvalue weighted by Gasteiger charge is 2.18. The van der Waals surface area contributed by atoms with Crippen LogP contribution in [-0.4, -0.2) is 24.3 Å². The number of hydrogen-bond acceptors (Lipinski definition) is 3. The van der Waals surface area contributed by atoms with Gasteiger partial charge in [-0.3, -0.25) is 4.79 Å². The molecule has 5 heteroatoms. The second-order valence-corrected chi connectivity index (χ2v) is 7.73. The zero-order valence-corrected chi connectivity index (χ0v) is 17.1. The molecule has 0 radical (unpaired) electrons. The Bertz CT molecular complexity index is 736. The third kappa shape index (κ3) is 6.26. The van der Waals surface area contributed by atoms with E-state index in [0.29, 0.717) is 13.0 Å². The third-order valence-electron chi connectivity index (χ3n) is 4.19. The van der Waals surface area contributed by atoms with E-state index in [1.807, 2.05) is 57.2 Å². The van der Waals surface area contributed by atoms with Gasteiger partial charge < -0.3 is 10.1 Å². The lowest BCUT2D eigenvalue weighted by Gasteiger charge is -2.19. The molecular formula is C21H26ClNO2S. The van der Waals surface area contributed by atoms with Crippen LogP contribution in [0.3, 0.4) is 0 Å². The van der Waals surface area contributed by atoms with Crippen LogP contribution in [-0.2, 0) is 10.5 Å². The molecule has 0 saturated carbocycles. The molecular weight excluding hydrogens is 366 g/mol. The van der Waals surface area contributed by atoms with Gasteiger partial charge in [0.2, 0.25) is 0 Å². The zero-order valence-electron chi connectivity index (χ0n) is 15.5. The van der Waals surface area contributed by atoms with Crippen LogP contribution in [0, 0.1) is 13.8 Å². The van der Waals surface area contributed by atoms with Crippen LogP contribution in [0.4, 0.5) is 0 Å². The van der Waals surface area contributed by atoms with Gasteiger partial charge in [0.05, 0.1) is 0 Å². The van der Waals surface area contributed by atoms with Gasteiger partial charge in [-0.1, -0.05) is 42.8 Å². The fourth-order valence-corrected chi connectivity index (χ4v) is 3.52. The zero-order chi connectivity index (χ0) is 18.9. The monoisotopic (exact) mass is 391 g/mol. The average molecular weight is 392 g/mol. The van der Waals surface area contributed by atoms with Crippen molar-refractivity contribution in [2.75, 3.05) is 12.3 Å². The molecule has 0 unspecified atom stereocenters. The molecule has 1 atom stereocenters. The summed E-state index contributed by atoms with van der Waals surface area (Å²) in [5, 5.41) is 3.73. The van der Waals surface area contributed by atoms with E-state index in [0.717, 1.165) is 33.4 Å². The molecule has 0 saturated heterocycles. The predicted molar refractivity (Wildman–Crippen MR) is 111 cm³/mol. The minimum absolute atomic E-state index is 0.0586. The molecule has 0 aliphatic heterocycles. The minimum Gasteiger partial charge on any atom is -0.480 e. The molecule has 140 valence electrons. The quantitative estimate of drug-likeness (QED) is 0.599. The standard InChI is InChI=1S/C21H26ClNO2S/c1-4-19(25-20-10-5-7-15(2)16(20)3)21(24)23-11-12-26-14-17-8-6-9-18(22)13-17/h5-10,13,19H,4,11-12,14H2,1-3H3,(H,23,24)/t19-/m1/s1. The van der Waals surface area contributed by atoms with E-state index in [-0.39, 0.29) is 5.91 Å². The van der Waals surface area contributed by atoms with Crippen LogP contribution < -0.4 is 10.1 Å². The number of hydrogen-bond donors (Lipinski definition) is 1. The molecule has 0 aliphatic rings. The number of carbonyl (C=O) groups is 1. The Morgan fingerprint density at radius 2 is 2.00 bits per heavy atom. The van der Waals surface area contributed by atoms with Gasteiger partial charge in [0, 0.05) is 23.1 Å². The fraction of sp³-hybridized carbons (Fsp3) is 0.381. The first-order chi connectivity index (χ1) is 12.5. The van der Waals surface area contributed by atoms with E-state index < -0.39 is 6.10 Å². The number of benzene rings is 2. The molecule has 0 aliphatic carbocycles. The Morgan fingerprint density at radius 3 is 2.73 bits per heavy atom. The number of ether oxygens (including phenoxy) is 1. The maximum absolute atomic E-state index is 12.4. The van der Waals surface area contributed by atoms with E-state index >= 15 is 0 Å². The van der Waals surface area contributed by atoms with Gasteiger partial charge >= 0.3 is 0 Å². The van der Waals surface area contributed by atoms with Crippen molar-refractivity contribution in [1.29, 1.82) is 0 Å². The summed E-state index contributed by atoms with van der Waals surface area (Å²) in [6.45, 7) is 6.64. The predicted octanol–water partition coefficient (Wildman–Crippen LogP) is 5.16. The van der Waals surface area contributed by atoms with Crippen LogP contribution in [0.5, 0.6) is 5.75 Å². The molecule has 0 aromatic heterocycles. The van der Waals surface area contributed by atoms with Crippen LogP contribution in [0.25, 0.3) is 0 Å². The van der Waals surface area contributed by atoms with Crippen molar-refractivity contribution in [2.24, 2.45) is 0 Å². The van der Waals surface area contributed by atoms with E-state index in [9.17, 15) is 4.79 Å². The molecule has 2 rings (SSSR count). The highest BCUT2D eigenvalue weighted by Crippen LogP contribution is 2.22. The van der Waals surface area contributed by atoms with Crippen LogP contribution >= 0.6 is 23.4 Å². The van der Waals surface area contributed by atoms with Gasteiger partial charge in [-0.2, -0.15) is 11.8 Å². The Morgan fingerprint density at radius 1 is 1.23 bits per heavy atom. The first-order valence-corrected chi connectivity index (χ1v) is 10.4. The summed E-state index contributed by atoms with van der Waals surface area (Å²) in [4.78, 5) is 12.4. The normalized spacial score (nSPS) is 11.8. The Balaban J connectivity index is 1.75. The topological polar surface area (TPSA) is 38.3 Å². The lowest BCUT2D eigenvalue weighted by molar-refractivity contribution is -0.128. The van der Waals surface area contributed by atoms with E-state index in [4.69, 9.17) is 16.3 Å². The second-order valence-electron chi connectivity index (χ2n) is 6.19. The summed E-state index contributed by atoms with van der Waals surface area (Å²) in [6.07, 6.45) is 0.169. The minimum atomic E-state index is -0.464. The molecule has 2 aromatic carbocycles. The number of nitrogens with one attached hydrogen (secondary N) is 1. The van der Waals surface area contributed by atoms with Crippen LogP contribution in [0.2, 0.25) is 5.02 Å². The maximum Gasteiger partial charge on any atom is 0.261 e. The summed E-state index contributed by atoms with van der Waals surface area (Å²) >= 11 is 7.76. The summed E-state index contributed by atoms with van der Waals surface area (Å²) in [5.41, 5.74) is 3.43. The number of rotatable bonds is 9. The van der Waals surface area contributed by atoms with Crippen molar-refractivity contribution in [3.63, 3.8) is 0 Å². The number of thioether (sulfide) groups is 1. The third-order valence-corrected chi connectivity index (χ3v) is 5.46. The lowest BCUT2D eigenvalue weighted by atomic mass is 10.1. The highest BCUT2D eigenvalue weighted by molar-refractivity contribution is 7.98. The van der Waals surface area contributed by atoms with Gasteiger partial charge in [-0.25, -0.2) is 0 Å². The molecule has 1 N–H and O–H groups in total. The molecule has 2 aromatic rings. The second kappa shape index (κ2) is 10.5. The highest BCUT2D eigenvalue weighted by atomic mass is 35.5. The molecule has 0 heterocycles. The van der Waals surface area contributed by atoms with Crippen molar-refractivity contribution in [1.82, 2.24) is 5.32 Å². The number of aryl methyl sites for hydroxylation is 1. The van der Waals surface area contributed by atoms with E-state index in [1.165, 1.54) is 5.56 Å². The summed E-state index contributed by atoms with van der Waals surface area (Å²) in [6, 6.07) is 13.8. The summed E-state index contributed by atoms with van der Waals surface area (Å²) in [5.74, 6) is 2.45. The maximum atomic E-state index is 12.4. The number of carbonyl (C=O) groups excluding carboxylic acids is 1. The first kappa shape index (κ1) is 20.7. The first-order valence-electron chi connectivity index (χ1n) is 8.84. The Kier molecular flexibility index (Phi) is 8.33. The molecule has 0 bridgehead atoms. The Labute approximate surface area is 165 Å². The van der Waals surface area contributed by atoms with Crippen molar-refractivity contribution in [3.05, 3.63) is 64.2 Å². The van der Waals surface area contributed by atoms with Crippen molar-refractivity contribution in [2.45, 2.75) is 39.0 Å². The average Bonchev–Trinajstić information content (AvgIpc) is 2.62. The molecule has 26 heavy (non-hydrogen) atoms. The summed E-state index contributed by atoms with van der Waals surface area (Å²) in [7, 11) is 0. The SMILES string of the molecule is CC[C@@H](Oc1cccc(C)c1C)C(=O)NCCSCc1cccc(Cl)c1.